The lowest BCUT2D eigenvalue weighted by Gasteiger charge is -2.12. The van der Waals surface area contributed by atoms with Crippen LogP contribution in [0.5, 0.6) is 11.5 Å². The number of benzene rings is 3. The molecule has 0 fully saturated rings. The van der Waals surface area contributed by atoms with Crippen LogP contribution >= 0.6 is 46.4 Å². The predicted octanol–water partition coefficient (Wildman–Crippen LogP) is 7.01. The van der Waals surface area contributed by atoms with Crippen LogP contribution in [0.25, 0.3) is 0 Å². The topological polar surface area (TPSA) is 42.8 Å². The zero-order chi connectivity index (χ0) is 21.5. The molecule has 0 saturated carbocycles. The second-order valence-corrected chi connectivity index (χ2v) is 7.87. The van der Waals surface area contributed by atoms with Crippen LogP contribution < -0.4 is 14.9 Å². The van der Waals surface area contributed by atoms with Crippen LogP contribution in [0.1, 0.15) is 16.7 Å². The first-order valence-corrected chi connectivity index (χ1v) is 10.4. The van der Waals surface area contributed by atoms with Crippen LogP contribution in [0, 0.1) is 0 Å². The first-order chi connectivity index (χ1) is 14.5. The Morgan fingerprint density at radius 3 is 2.33 bits per heavy atom. The van der Waals surface area contributed by atoms with E-state index in [4.69, 9.17) is 55.9 Å². The highest BCUT2D eigenvalue weighted by molar-refractivity contribution is 6.42. The summed E-state index contributed by atoms with van der Waals surface area (Å²) in [5, 5.41) is 6.40. The Morgan fingerprint density at radius 2 is 1.63 bits per heavy atom. The van der Waals surface area contributed by atoms with Crippen molar-refractivity contribution in [3.8, 4) is 11.5 Å². The number of methoxy groups -OCH3 is 1. The second kappa shape index (κ2) is 10.8. The van der Waals surface area contributed by atoms with Gasteiger partial charge in [0.1, 0.15) is 6.61 Å². The molecule has 0 heterocycles. The average molecular weight is 484 g/mol. The molecule has 1 N–H and O–H groups in total. The summed E-state index contributed by atoms with van der Waals surface area (Å²) in [6, 6.07) is 16.3. The van der Waals surface area contributed by atoms with E-state index in [2.05, 4.69) is 10.5 Å². The van der Waals surface area contributed by atoms with Gasteiger partial charge in [-0.25, -0.2) is 0 Å². The highest BCUT2D eigenvalue weighted by Gasteiger charge is 2.07. The monoisotopic (exact) mass is 482 g/mol. The molecular formula is C22H18Cl4N2O2. The van der Waals surface area contributed by atoms with E-state index >= 15 is 0 Å². The third-order valence-electron chi connectivity index (χ3n) is 4.19. The molecule has 0 aliphatic heterocycles. The molecule has 3 aromatic rings. The van der Waals surface area contributed by atoms with Crippen LogP contribution in [-0.4, -0.2) is 13.3 Å². The van der Waals surface area contributed by atoms with Crippen molar-refractivity contribution >= 4 is 52.6 Å². The number of nitrogens with one attached hydrogen (secondary N) is 1. The van der Waals surface area contributed by atoms with Crippen molar-refractivity contribution in [1.82, 2.24) is 5.43 Å². The average Bonchev–Trinajstić information content (AvgIpc) is 2.74. The van der Waals surface area contributed by atoms with Crippen molar-refractivity contribution in [3.05, 3.63) is 91.4 Å². The van der Waals surface area contributed by atoms with E-state index in [0.29, 0.717) is 44.7 Å². The summed E-state index contributed by atoms with van der Waals surface area (Å²) in [4.78, 5) is 0. The standard InChI is InChI=1S/C22H18Cl4N2O2/c1-29-22-10-14(11-27-28-12-16-17(23)3-2-4-18(16)24)6-8-21(22)30-13-15-5-7-19(25)20(26)9-15/h2-11,28H,12-13H2,1H3/b27-11+. The molecule has 0 unspecified atom stereocenters. The molecule has 0 amide bonds. The van der Waals surface area contributed by atoms with E-state index < -0.39 is 0 Å². The fourth-order valence-corrected chi connectivity index (χ4v) is 3.47. The summed E-state index contributed by atoms with van der Waals surface area (Å²) >= 11 is 24.3. The molecule has 0 atom stereocenters. The summed E-state index contributed by atoms with van der Waals surface area (Å²) in [7, 11) is 1.58. The van der Waals surface area contributed by atoms with E-state index in [1.165, 1.54) is 0 Å². The van der Waals surface area contributed by atoms with Crippen molar-refractivity contribution in [3.63, 3.8) is 0 Å². The smallest absolute Gasteiger partial charge is 0.161 e. The Kier molecular flexibility index (Phi) is 8.11. The number of rotatable bonds is 8. The van der Waals surface area contributed by atoms with E-state index in [9.17, 15) is 0 Å². The molecule has 30 heavy (non-hydrogen) atoms. The summed E-state index contributed by atoms with van der Waals surface area (Å²) in [5.74, 6) is 1.20. The first kappa shape index (κ1) is 22.6. The Balaban J connectivity index is 1.61. The number of hydrogen-bond donors (Lipinski definition) is 1. The lowest BCUT2D eigenvalue weighted by molar-refractivity contribution is 0.284. The Labute approximate surface area is 195 Å². The summed E-state index contributed by atoms with van der Waals surface area (Å²) in [6.07, 6.45) is 1.68. The van der Waals surface area contributed by atoms with Crippen molar-refractivity contribution in [2.45, 2.75) is 13.2 Å². The van der Waals surface area contributed by atoms with Gasteiger partial charge in [0.15, 0.2) is 11.5 Å². The van der Waals surface area contributed by atoms with E-state index in [-0.39, 0.29) is 0 Å². The van der Waals surface area contributed by atoms with Gasteiger partial charge in [0, 0.05) is 15.6 Å². The third kappa shape index (κ3) is 5.96. The Bertz CT molecular complexity index is 1040. The molecule has 0 aliphatic rings. The molecular weight excluding hydrogens is 466 g/mol. The highest BCUT2D eigenvalue weighted by atomic mass is 35.5. The van der Waals surface area contributed by atoms with Gasteiger partial charge in [0.25, 0.3) is 0 Å². The van der Waals surface area contributed by atoms with Crippen molar-refractivity contribution in [1.29, 1.82) is 0 Å². The van der Waals surface area contributed by atoms with Gasteiger partial charge in [0.05, 0.1) is 29.9 Å². The van der Waals surface area contributed by atoms with Gasteiger partial charge in [-0.15, -0.1) is 0 Å². The van der Waals surface area contributed by atoms with Gasteiger partial charge in [-0.2, -0.15) is 5.10 Å². The molecule has 0 spiro atoms. The van der Waals surface area contributed by atoms with Crippen LogP contribution in [0.3, 0.4) is 0 Å². The maximum atomic E-state index is 6.15. The van der Waals surface area contributed by atoms with Crippen LogP contribution in [0.4, 0.5) is 0 Å². The molecule has 156 valence electrons. The molecule has 0 aliphatic carbocycles. The van der Waals surface area contributed by atoms with Gasteiger partial charge >= 0.3 is 0 Å². The minimum Gasteiger partial charge on any atom is -0.493 e. The molecule has 4 nitrogen and oxygen atoms in total. The number of ether oxygens (including phenoxy) is 2. The molecule has 3 aromatic carbocycles. The molecule has 8 heteroatoms. The summed E-state index contributed by atoms with van der Waals surface area (Å²) in [5.41, 5.74) is 5.48. The van der Waals surface area contributed by atoms with Crippen molar-refractivity contribution in [2.24, 2.45) is 5.10 Å². The van der Waals surface area contributed by atoms with E-state index in [1.54, 1.807) is 43.7 Å². The van der Waals surface area contributed by atoms with Crippen LogP contribution in [0.15, 0.2) is 59.7 Å². The zero-order valence-corrected chi connectivity index (χ0v) is 19.0. The normalized spacial score (nSPS) is 11.0. The third-order valence-corrected chi connectivity index (χ3v) is 5.64. The Morgan fingerprint density at radius 1 is 0.867 bits per heavy atom. The SMILES string of the molecule is COc1cc(/C=N/NCc2c(Cl)cccc2Cl)ccc1OCc1ccc(Cl)c(Cl)c1. The minimum atomic E-state index is 0.334. The van der Waals surface area contributed by atoms with Gasteiger partial charge in [0.2, 0.25) is 0 Å². The largest absolute Gasteiger partial charge is 0.493 e. The summed E-state index contributed by atoms with van der Waals surface area (Å²) in [6.45, 7) is 0.748. The van der Waals surface area contributed by atoms with Gasteiger partial charge in [-0.1, -0.05) is 58.5 Å². The molecule has 0 radical (unpaired) electrons. The van der Waals surface area contributed by atoms with Crippen molar-refractivity contribution < 1.29 is 9.47 Å². The maximum Gasteiger partial charge on any atom is 0.161 e. The lowest BCUT2D eigenvalue weighted by Crippen LogP contribution is -2.06. The second-order valence-electron chi connectivity index (χ2n) is 6.24. The number of halogens is 4. The van der Waals surface area contributed by atoms with Gasteiger partial charge < -0.3 is 14.9 Å². The van der Waals surface area contributed by atoms with E-state index in [1.807, 2.05) is 24.3 Å². The van der Waals surface area contributed by atoms with Crippen molar-refractivity contribution in [2.75, 3.05) is 7.11 Å². The highest BCUT2D eigenvalue weighted by Crippen LogP contribution is 2.29. The van der Waals surface area contributed by atoms with E-state index in [0.717, 1.165) is 16.7 Å². The number of nitrogens with zero attached hydrogens (tertiary/aromatic N) is 1. The van der Waals surface area contributed by atoms with Gasteiger partial charge in [-0.05, 0) is 53.6 Å². The first-order valence-electron chi connectivity index (χ1n) is 8.91. The van der Waals surface area contributed by atoms with Crippen LogP contribution in [-0.2, 0) is 13.2 Å². The lowest BCUT2D eigenvalue weighted by atomic mass is 10.2. The zero-order valence-electron chi connectivity index (χ0n) is 16.0. The molecule has 3 rings (SSSR count). The quantitative estimate of drug-likeness (QED) is 0.276. The molecule has 0 aromatic heterocycles. The number of hydrazone groups is 1. The van der Waals surface area contributed by atoms with Gasteiger partial charge in [-0.3, -0.25) is 0 Å². The fourth-order valence-electron chi connectivity index (χ4n) is 2.62. The Hall–Kier alpha value is -2.11. The predicted molar refractivity (Wildman–Crippen MR) is 125 cm³/mol. The fraction of sp³-hybridized carbons (Fsp3) is 0.136. The maximum absolute atomic E-state index is 6.15. The minimum absolute atomic E-state index is 0.334. The van der Waals surface area contributed by atoms with Crippen LogP contribution in [0.2, 0.25) is 20.1 Å². The number of hydrogen-bond acceptors (Lipinski definition) is 4. The molecule has 0 saturated heterocycles. The summed E-state index contributed by atoms with van der Waals surface area (Å²) < 4.78 is 11.3. The molecule has 0 bridgehead atoms.